The molecule has 0 aromatic heterocycles. The van der Waals surface area contributed by atoms with E-state index in [1.54, 1.807) is 6.08 Å². The molecule has 0 aromatic carbocycles. The van der Waals surface area contributed by atoms with Crippen molar-refractivity contribution in [2.75, 3.05) is 0 Å². The van der Waals surface area contributed by atoms with Crippen molar-refractivity contribution in [2.24, 2.45) is 0 Å². The summed E-state index contributed by atoms with van der Waals surface area (Å²) in [6.45, 7) is 15.2. The molecule has 12 heavy (non-hydrogen) atoms. The molecule has 1 N–H and O–H groups in total. The quantitative estimate of drug-likeness (QED) is 0.523. The Bertz CT molecular complexity index is 175. The van der Waals surface area contributed by atoms with Crippen LogP contribution in [0, 0.1) is 0 Å². The Labute approximate surface area is 77.7 Å². The Morgan fingerprint density at radius 3 is 2.08 bits per heavy atom. The molecule has 0 amide bonds. The first-order chi connectivity index (χ1) is 5.31. The van der Waals surface area contributed by atoms with Crippen LogP contribution in [0.3, 0.4) is 0 Å². The SMILES string of the molecule is C=C/C=C/N[Si](C)(C)C(C)(C)C. The van der Waals surface area contributed by atoms with Crippen molar-refractivity contribution in [1.82, 2.24) is 4.98 Å². The van der Waals surface area contributed by atoms with E-state index < -0.39 is 8.24 Å². The third-order valence-corrected chi connectivity index (χ3v) is 7.19. The van der Waals surface area contributed by atoms with Crippen LogP contribution < -0.4 is 4.98 Å². The third kappa shape index (κ3) is 3.26. The minimum atomic E-state index is -1.33. The van der Waals surface area contributed by atoms with E-state index in [1.165, 1.54) is 0 Å². The van der Waals surface area contributed by atoms with Gasteiger partial charge >= 0.3 is 0 Å². The normalized spacial score (nSPS) is 13.4. The van der Waals surface area contributed by atoms with Gasteiger partial charge in [-0.2, -0.15) is 0 Å². The van der Waals surface area contributed by atoms with E-state index in [4.69, 9.17) is 0 Å². The predicted molar refractivity (Wildman–Crippen MR) is 59.7 cm³/mol. The molecule has 0 aliphatic heterocycles. The molecule has 0 saturated carbocycles. The van der Waals surface area contributed by atoms with Crippen LogP contribution in [0.4, 0.5) is 0 Å². The zero-order valence-electron chi connectivity index (χ0n) is 8.94. The fraction of sp³-hybridized carbons (Fsp3) is 0.600. The summed E-state index contributed by atoms with van der Waals surface area (Å²) in [4.78, 5) is 3.49. The van der Waals surface area contributed by atoms with Crippen molar-refractivity contribution in [1.29, 1.82) is 0 Å². The van der Waals surface area contributed by atoms with Crippen LogP contribution in [0.25, 0.3) is 0 Å². The van der Waals surface area contributed by atoms with Gasteiger partial charge in [0.1, 0.15) is 0 Å². The number of rotatable bonds is 3. The lowest BCUT2D eigenvalue weighted by Gasteiger charge is -2.36. The highest BCUT2D eigenvalue weighted by Gasteiger charge is 2.34. The molecular formula is C10H21NSi. The molecule has 0 heterocycles. The number of nitrogens with one attached hydrogen (secondary N) is 1. The molecule has 0 radical (unpaired) electrons. The van der Waals surface area contributed by atoms with E-state index in [0.29, 0.717) is 5.04 Å². The topological polar surface area (TPSA) is 12.0 Å². The lowest BCUT2D eigenvalue weighted by molar-refractivity contribution is 0.706. The first-order valence-corrected chi connectivity index (χ1v) is 7.36. The predicted octanol–water partition coefficient (Wildman–Crippen LogP) is 3.28. The van der Waals surface area contributed by atoms with E-state index >= 15 is 0 Å². The molecule has 0 spiro atoms. The number of hydrogen-bond acceptors (Lipinski definition) is 1. The van der Waals surface area contributed by atoms with Crippen LogP contribution in [0.2, 0.25) is 18.1 Å². The van der Waals surface area contributed by atoms with Gasteiger partial charge in [-0.05, 0) is 17.3 Å². The molecule has 0 aliphatic carbocycles. The zero-order valence-corrected chi connectivity index (χ0v) is 9.94. The summed E-state index contributed by atoms with van der Waals surface area (Å²) in [5.41, 5.74) is 0. The largest absolute Gasteiger partial charge is 0.416 e. The van der Waals surface area contributed by atoms with Crippen LogP contribution in [0.5, 0.6) is 0 Å². The molecule has 70 valence electrons. The summed E-state index contributed by atoms with van der Waals surface area (Å²) in [6, 6.07) is 0. The minimum Gasteiger partial charge on any atom is -0.416 e. The molecule has 0 aliphatic rings. The van der Waals surface area contributed by atoms with Crippen molar-refractivity contribution in [2.45, 2.75) is 38.9 Å². The fourth-order valence-corrected chi connectivity index (χ4v) is 1.49. The molecule has 0 unspecified atom stereocenters. The van der Waals surface area contributed by atoms with E-state index in [1.807, 2.05) is 12.3 Å². The van der Waals surface area contributed by atoms with Crippen LogP contribution in [-0.2, 0) is 0 Å². The molecule has 0 aromatic rings. The smallest absolute Gasteiger partial charge is 0.152 e. The summed E-state index contributed by atoms with van der Waals surface area (Å²) in [6.07, 6.45) is 5.74. The molecule has 0 bridgehead atoms. The van der Waals surface area contributed by atoms with Crippen molar-refractivity contribution in [3.05, 3.63) is 24.9 Å². The van der Waals surface area contributed by atoms with Gasteiger partial charge in [-0.1, -0.05) is 46.5 Å². The van der Waals surface area contributed by atoms with E-state index in [2.05, 4.69) is 45.4 Å². The molecule has 2 heteroatoms. The average Bonchev–Trinajstić information content (AvgIpc) is 1.85. The molecule has 0 atom stereocenters. The van der Waals surface area contributed by atoms with Gasteiger partial charge in [0.15, 0.2) is 8.24 Å². The maximum Gasteiger partial charge on any atom is 0.152 e. The van der Waals surface area contributed by atoms with E-state index in [0.717, 1.165) is 0 Å². The first-order valence-electron chi connectivity index (χ1n) is 4.36. The van der Waals surface area contributed by atoms with Crippen LogP contribution >= 0.6 is 0 Å². The Kier molecular flexibility index (Phi) is 3.78. The van der Waals surface area contributed by atoms with Gasteiger partial charge < -0.3 is 4.98 Å². The minimum absolute atomic E-state index is 0.387. The van der Waals surface area contributed by atoms with E-state index in [-0.39, 0.29) is 0 Å². The molecular weight excluding hydrogens is 162 g/mol. The second-order valence-electron chi connectivity index (χ2n) is 4.61. The van der Waals surface area contributed by atoms with Gasteiger partial charge in [0.25, 0.3) is 0 Å². The summed E-state index contributed by atoms with van der Waals surface area (Å²) in [7, 11) is -1.33. The lowest BCUT2D eigenvalue weighted by Crippen LogP contribution is -2.49. The van der Waals surface area contributed by atoms with Crippen LogP contribution in [0.15, 0.2) is 24.9 Å². The summed E-state index contributed by atoms with van der Waals surface area (Å²) >= 11 is 0. The maximum absolute atomic E-state index is 3.63. The van der Waals surface area contributed by atoms with Gasteiger partial charge in [-0.15, -0.1) is 0 Å². The molecule has 0 fully saturated rings. The standard InChI is InChI=1S/C10H21NSi/c1-7-8-9-11-12(5,6)10(2,3)4/h7-9,11H,1H2,2-6H3/b9-8+. The van der Waals surface area contributed by atoms with Gasteiger partial charge in [-0.3, -0.25) is 0 Å². The molecule has 0 saturated heterocycles. The highest BCUT2D eigenvalue weighted by Crippen LogP contribution is 2.33. The van der Waals surface area contributed by atoms with Gasteiger partial charge in [0.2, 0.25) is 0 Å². The third-order valence-electron chi connectivity index (χ3n) is 2.55. The average molecular weight is 183 g/mol. The first kappa shape index (κ1) is 11.5. The van der Waals surface area contributed by atoms with E-state index in [9.17, 15) is 0 Å². The lowest BCUT2D eigenvalue weighted by atomic mass is 10.2. The number of hydrogen-bond donors (Lipinski definition) is 1. The second kappa shape index (κ2) is 3.94. The van der Waals surface area contributed by atoms with Gasteiger partial charge in [0, 0.05) is 0 Å². The zero-order chi connectivity index (χ0) is 9.83. The maximum atomic E-state index is 3.63. The fourth-order valence-electron chi connectivity index (χ4n) is 0.541. The van der Waals surface area contributed by atoms with Crippen molar-refractivity contribution in [3.63, 3.8) is 0 Å². The van der Waals surface area contributed by atoms with Gasteiger partial charge in [-0.25, -0.2) is 0 Å². The Balaban J connectivity index is 4.23. The second-order valence-corrected chi connectivity index (χ2v) is 9.65. The van der Waals surface area contributed by atoms with Crippen LogP contribution in [-0.4, -0.2) is 8.24 Å². The number of allylic oxidation sites excluding steroid dienone is 2. The summed E-state index contributed by atoms with van der Waals surface area (Å²) in [5.74, 6) is 0. The summed E-state index contributed by atoms with van der Waals surface area (Å²) in [5, 5.41) is 0.387. The molecule has 0 rings (SSSR count). The highest BCUT2D eigenvalue weighted by atomic mass is 28.3. The highest BCUT2D eigenvalue weighted by molar-refractivity contribution is 6.78. The summed E-state index contributed by atoms with van der Waals surface area (Å²) < 4.78 is 0. The Morgan fingerprint density at radius 2 is 1.75 bits per heavy atom. The van der Waals surface area contributed by atoms with Crippen LogP contribution in [0.1, 0.15) is 20.8 Å². The Morgan fingerprint density at radius 1 is 1.25 bits per heavy atom. The van der Waals surface area contributed by atoms with Crippen molar-refractivity contribution in [3.8, 4) is 0 Å². The Hall–Kier alpha value is -0.503. The molecule has 1 nitrogen and oxygen atoms in total. The van der Waals surface area contributed by atoms with Crippen molar-refractivity contribution >= 4 is 8.24 Å². The van der Waals surface area contributed by atoms with Gasteiger partial charge in [0.05, 0.1) is 0 Å². The van der Waals surface area contributed by atoms with Crippen molar-refractivity contribution < 1.29 is 0 Å². The monoisotopic (exact) mass is 183 g/mol.